The molecule has 3 aromatic heterocycles. The van der Waals surface area contributed by atoms with Gasteiger partial charge in [-0.15, -0.1) is 10.2 Å². The Morgan fingerprint density at radius 1 is 1.13 bits per heavy atom. The van der Waals surface area contributed by atoms with E-state index >= 15 is 0 Å². The molecule has 0 atom stereocenters. The molecule has 0 unspecified atom stereocenters. The van der Waals surface area contributed by atoms with Crippen molar-refractivity contribution in [2.75, 3.05) is 30.4 Å². The van der Waals surface area contributed by atoms with Crippen molar-refractivity contribution in [2.45, 2.75) is 19.8 Å². The fourth-order valence-corrected chi connectivity index (χ4v) is 3.53. The number of nitrogens with one attached hydrogen (secondary N) is 1. The predicted molar refractivity (Wildman–Crippen MR) is 115 cm³/mol. The van der Waals surface area contributed by atoms with Crippen LogP contribution in [0.5, 0.6) is 0 Å². The maximum atomic E-state index is 9.80. The third-order valence-electron chi connectivity index (χ3n) is 5.13. The molecule has 10 heteroatoms. The van der Waals surface area contributed by atoms with Gasteiger partial charge in [-0.3, -0.25) is 0 Å². The quantitative estimate of drug-likeness (QED) is 0.631. The van der Waals surface area contributed by atoms with Crippen LogP contribution in [0.3, 0.4) is 0 Å². The fourth-order valence-electron chi connectivity index (χ4n) is 3.53. The van der Waals surface area contributed by atoms with Crippen LogP contribution >= 0.6 is 0 Å². The van der Waals surface area contributed by atoms with E-state index in [0.29, 0.717) is 34.3 Å². The third-order valence-corrected chi connectivity index (χ3v) is 5.13. The normalized spacial score (nSPS) is 13.4. The summed E-state index contributed by atoms with van der Waals surface area (Å²) < 4.78 is 1.45. The lowest BCUT2D eigenvalue weighted by atomic mass is 10.1. The molecule has 0 aromatic carbocycles. The summed E-state index contributed by atoms with van der Waals surface area (Å²) in [5.41, 5.74) is 1.86. The van der Waals surface area contributed by atoms with Crippen LogP contribution in [0.2, 0.25) is 0 Å². The molecule has 1 N–H and O–H groups in total. The highest BCUT2D eigenvalue weighted by Crippen LogP contribution is 2.37. The molecule has 1 fully saturated rings. The molecule has 0 saturated carbocycles. The number of anilines is 2. The van der Waals surface area contributed by atoms with E-state index < -0.39 is 0 Å². The van der Waals surface area contributed by atoms with Crippen molar-refractivity contribution in [3.63, 3.8) is 0 Å². The minimum absolute atomic E-state index is 0.254. The molecule has 10 nitrogen and oxygen atoms in total. The minimum atomic E-state index is 0.254. The van der Waals surface area contributed by atoms with E-state index in [-0.39, 0.29) is 11.4 Å². The Labute approximate surface area is 179 Å². The van der Waals surface area contributed by atoms with Crippen LogP contribution in [-0.4, -0.2) is 39.9 Å². The largest absolute Gasteiger partial charge is 0.371 e. The van der Waals surface area contributed by atoms with Crippen molar-refractivity contribution in [3.05, 3.63) is 47.3 Å². The van der Waals surface area contributed by atoms with E-state index in [1.807, 2.05) is 13.0 Å². The standard InChI is InChI=1S/C21H20N10/c1-14-16(12-23)21(30-9-5-6-10-30)27-19(24-2)18(14)28-29-20-15(11-22)13-26-31(20)17-7-3-4-8-25-17/h3-4,7-8,13H,5-6,9-10H2,1-2H3,(H,24,27)/b29-28+. The SMILES string of the molecule is CNc1nc(N2CCCC2)c(C#N)c(C)c1/N=N/c1c(C#N)cnn1-c1ccccn1. The third kappa shape index (κ3) is 3.67. The van der Waals surface area contributed by atoms with Gasteiger partial charge in [-0.1, -0.05) is 6.07 Å². The summed E-state index contributed by atoms with van der Waals surface area (Å²) >= 11 is 0. The lowest BCUT2D eigenvalue weighted by Gasteiger charge is -2.21. The number of azo groups is 1. The summed E-state index contributed by atoms with van der Waals surface area (Å²) in [4.78, 5) is 11.1. The van der Waals surface area contributed by atoms with E-state index in [9.17, 15) is 10.5 Å². The van der Waals surface area contributed by atoms with Crippen LogP contribution in [0, 0.1) is 29.6 Å². The van der Waals surface area contributed by atoms with Gasteiger partial charge < -0.3 is 10.2 Å². The molecule has 154 valence electrons. The van der Waals surface area contributed by atoms with Crippen LogP contribution in [0.15, 0.2) is 40.8 Å². The van der Waals surface area contributed by atoms with Gasteiger partial charge >= 0.3 is 0 Å². The van der Waals surface area contributed by atoms with Gasteiger partial charge in [0.25, 0.3) is 0 Å². The van der Waals surface area contributed by atoms with E-state index in [4.69, 9.17) is 0 Å². The highest BCUT2D eigenvalue weighted by Gasteiger charge is 2.23. The van der Waals surface area contributed by atoms with Crippen LogP contribution in [-0.2, 0) is 0 Å². The number of nitriles is 2. The van der Waals surface area contributed by atoms with E-state index in [0.717, 1.165) is 25.9 Å². The Kier molecular flexibility index (Phi) is 5.54. The Morgan fingerprint density at radius 3 is 2.58 bits per heavy atom. The molecule has 4 heterocycles. The summed E-state index contributed by atoms with van der Waals surface area (Å²) in [6, 6.07) is 9.72. The van der Waals surface area contributed by atoms with Crippen LogP contribution < -0.4 is 10.2 Å². The summed E-state index contributed by atoms with van der Waals surface area (Å²) in [7, 11) is 1.75. The van der Waals surface area contributed by atoms with Gasteiger partial charge in [0.05, 0.1) is 11.8 Å². The summed E-state index contributed by atoms with van der Waals surface area (Å²) in [5, 5.41) is 35.2. The predicted octanol–water partition coefficient (Wildman–Crippen LogP) is 3.77. The number of hydrogen-bond donors (Lipinski definition) is 1. The number of hydrogen-bond acceptors (Lipinski definition) is 9. The van der Waals surface area contributed by atoms with Crippen molar-refractivity contribution in [1.29, 1.82) is 10.5 Å². The Bertz CT molecular complexity index is 1210. The molecular weight excluding hydrogens is 392 g/mol. The summed E-state index contributed by atoms with van der Waals surface area (Å²) in [6.45, 7) is 3.58. The van der Waals surface area contributed by atoms with Crippen molar-refractivity contribution < 1.29 is 0 Å². The molecule has 4 rings (SSSR count). The molecule has 0 bridgehead atoms. The molecule has 1 aliphatic heterocycles. The molecule has 0 amide bonds. The molecule has 1 aliphatic rings. The maximum absolute atomic E-state index is 9.80. The molecule has 3 aromatic rings. The van der Waals surface area contributed by atoms with E-state index in [1.165, 1.54) is 10.9 Å². The van der Waals surface area contributed by atoms with Gasteiger partial charge in [0, 0.05) is 31.9 Å². The zero-order valence-corrected chi connectivity index (χ0v) is 17.2. The molecular formula is C21H20N10. The van der Waals surface area contributed by atoms with Crippen LogP contribution in [0.1, 0.15) is 29.5 Å². The minimum Gasteiger partial charge on any atom is -0.371 e. The lowest BCUT2D eigenvalue weighted by molar-refractivity contribution is 0.839. The first kappa shape index (κ1) is 20.0. The number of nitrogens with zero attached hydrogens (tertiary/aromatic N) is 9. The van der Waals surface area contributed by atoms with Crippen molar-refractivity contribution in [1.82, 2.24) is 19.7 Å². The number of aromatic nitrogens is 4. The van der Waals surface area contributed by atoms with Gasteiger partial charge in [0.15, 0.2) is 17.5 Å². The molecule has 1 saturated heterocycles. The number of pyridine rings is 2. The maximum Gasteiger partial charge on any atom is 0.197 e. The van der Waals surface area contributed by atoms with Gasteiger partial charge in [-0.2, -0.15) is 20.3 Å². The van der Waals surface area contributed by atoms with E-state index in [2.05, 4.69) is 47.7 Å². The van der Waals surface area contributed by atoms with Gasteiger partial charge in [-0.25, -0.2) is 9.97 Å². The summed E-state index contributed by atoms with van der Waals surface area (Å²) in [5.74, 6) is 1.95. The van der Waals surface area contributed by atoms with Gasteiger partial charge in [-0.05, 0) is 31.9 Å². The van der Waals surface area contributed by atoms with Crippen LogP contribution in [0.25, 0.3) is 5.82 Å². The lowest BCUT2D eigenvalue weighted by Crippen LogP contribution is -2.21. The molecule has 0 radical (unpaired) electrons. The zero-order valence-electron chi connectivity index (χ0n) is 17.2. The highest BCUT2D eigenvalue weighted by molar-refractivity contribution is 5.75. The first-order chi connectivity index (χ1) is 15.2. The first-order valence-corrected chi connectivity index (χ1v) is 9.86. The van der Waals surface area contributed by atoms with Crippen molar-refractivity contribution >= 4 is 23.1 Å². The Morgan fingerprint density at radius 2 is 1.94 bits per heavy atom. The topological polar surface area (TPSA) is 131 Å². The van der Waals surface area contributed by atoms with Crippen LogP contribution in [0.4, 0.5) is 23.1 Å². The smallest absolute Gasteiger partial charge is 0.197 e. The average Bonchev–Trinajstić information content (AvgIpc) is 3.48. The highest BCUT2D eigenvalue weighted by atomic mass is 15.4. The first-order valence-electron chi connectivity index (χ1n) is 9.86. The van der Waals surface area contributed by atoms with Gasteiger partial charge in [0.2, 0.25) is 0 Å². The van der Waals surface area contributed by atoms with Gasteiger partial charge in [0.1, 0.15) is 29.2 Å². The zero-order chi connectivity index (χ0) is 21.8. The van der Waals surface area contributed by atoms with Crippen molar-refractivity contribution in [3.8, 4) is 18.0 Å². The monoisotopic (exact) mass is 412 g/mol. The Balaban J connectivity index is 1.81. The Hall–Kier alpha value is -4.31. The number of rotatable bonds is 5. The molecule has 0 spiro atoms. The average molecular weight is 412 g/mol. The molecule has 0 aliphatic carbocycles. The second-order valence-electron chi connectivity index (χ2n) is 6.98. The summed E-state index contributed by atoms with van der Waals surface area (Å²) in [6.07, 6.45) is 5.21. The van der Waals surface area contributed by atoms with E-state index in [1.54, 1.807) is 25.4 Å². The fraction of sp³-hybridized carbons (Fsp3) is 0.286. The van der Waals surface area contributed by atoms with Crippen molar-refractivity contribution in [2.24, 2.45) is 10.2 Å². The second kappa shape index (κ2) is 8.59. The second-order valence-corrected chi connectivity index (χ2v) is 6.98. The molecule has 31 heavy (non-hydrogen) atoms.